The lowest BCUT2D eigenvalue weighted by atomic mass is 10.0. The maximum Gasteiger partial charge on any atom is 0.0626 e. The van der Waals surface area contributed by atoms with E-state index in [9.17, 15) is 5.11 Å². The van der Waals surface area contributed by atoms with Gasteiger partial charge in [0.05, 0.1) is 12.6 Å². The van der Waals surface area contributed by atoms with Crippen LogP contribution < -0.4 is 5.32 Å². The van der Waals surface area contributed by atoms with Gasteiger partial charge < -0.3 is 10.4 Å². The third-order valence-electron chi connectivity index (χ3n) is 3.38. The number of nitrogens with one attached hydrogen (secondary N) is 1. The number of hydrogen-bond donors (Lipinski definition) is 2. The average molecular weight is 275 g/mol. The van der Waals surface area contributed by atoms with Crippen LogP contribution in [0.15, 0.2) is 36.4 Å². The van der Waals surface area contributed by atoms with Crippen molar-refractivity contribution >= 4 is 11.3 Å². The molecular weight excluding hydrogens is 254 g/mol. The molecule has 0 radical (unpaired) electrons. The van der Waals surface area contributed by atoms with Crippen LogP contribution in [0, 0.1) is 13.8 Å². The Morgan fingerprint density at radius 2 is 1.89 bits per heavy atom. The van der Waals surface area contributed by atoms with E-state index < -0.39 is 0 Å². The van der Waals surface area contributed by atoms with Gasteiger partial charge >= 0.3 is 0 Å². The average Bonchev–Trinajstić information content (AvgIpc) is 2.76. The van der Waals surface area contributed by atoms with Crippen molar-refractivity contribution in [1.82, 2.24) is 5.32 Å². The molecule has 2 aromatic rings. The summed E-state index contributed by atoms with van der Waals surface area (Å²) in [5, 5.41) is 13.1. The molecule has 1 heterocycles. The molecule has 0 saturated carbocycles. The SMILES string of the molecule is Cc1cc(C(C)N[C@@H](CO)c2ccccc2)c(C)s1. The molecule has 102 valence electrons. The largest absolute Gasteiger partial charge is 0.394 e. The third-order valence-corrected chi connectivity index (χ3v) is 4.36. The first kappa shape index (κ1) is 14.3. The number of aliphatic hydroxyl groups excluding tert-OH is 1. The van der Waals surface area contributed by atoms with E-state index in [0.29, 0.717) is 0 Å². The van der Waals surface area contributed by atoms with Gasteiger partial charge in [-0.15, -0.1) is 11.3 Å². The van der Waals surface area contributed by atoms with Crippen LogP contribution in [0.3, 0.4) is 0 Å². The molecule has 0 aliphatic rings. The number of hydrogen-bond acceptors (Lipinski definition) is 3. The van der Waals surface area contributed by atoms with Crippen molar-refractivity contribution in [1.29, 1.82) is 0 Å². The molecule has 2 N–H and O–H groups in total. The molecule has 2 rings (SSSR count). The van der Waals surface area contributed by atoms with Gasteiger partial charge in [-0.05, 0) is 38.0 Å². The molecule has 0 fully saturated rings. The van der Waals surface area contributed by atoms with E-state index in [0.717, 1.165) is 5.56 Å². The van der Waals surface area contributed by atoms with Crippen molar-refractivity contribution in [2.75, 3.05) is 6.61 Å². The third kappa shape index (κ3) is 3.44. The lowest BCUT2D eigenvalue weighted by Crippen LogP contribution is -2.27. The first-order valence-electron chi connectivity index (χ1n) is 6.60. The molecule has 0 aliphatic carbocycles. The van der Waals surface area contributed by atoms with Crippen molar-refractivity contribution in [2.45, 2.75) is 32.9 Å². The van der Waals surface area contributed by atoms with Gasteiger partial charge in [0.2, 0.25) is 0 Å². The Balaban J connectivity index is 2.13. The minimum Gasteiger partial charge on any atom is -0.394 e. The van der Waals surface area contributed by atoms with Gasteiger partial charge in [0.25, 0.3) is 0 Å². The molecule has 0 aliphatic heterocycles. The molecule has 0 bridgehead atoms. The molecule has 0 spiro atoms. The van der Waals surface area contributed by atoms with Crippen molar-refractivity contribution in [3.63, 3.8) is 0 Å². The zero-order chi connectivity index (χ0) is 13.8. The summed E-state index contributed by atoms with van der Waals surface area (Å²) in [6.45, 7) is 6.55. The number of aliphatic hydroxyl groups is 1. The highest BCUT2D eigenvalue weighted by molar-refractivity contribution is 7.12. The molecule has 1 aromatic carbocycles. The highest BCUT2D eigenvalue weighted by atomic mass is 32.1. The lowest BCUT2D eigenvalue weighted by Gasteiger charge is -2.22. The van der Waals surface area contributed by atoms with Crippen LogP contribution in [0.1, 0.15) is 39.9 Å². The van der Waals surface area contributed by atoms with Gasteiger partial charge in [-0.25, -0.2) is 0 Å². The Morgan fingerprint density at radius 3 is 2.42 bits per heavy atom. The Labute approximate surface area is 119 Å². The minimum absolute atomic E-state index is 0.0178. The van der Waals surface area contributed by atoms with Gasteiger partial charge in [0.1, 0.15) is 0 Å². The lowest BCUT2D eigenvalue weighted by molar-refractivity contribution is 0.235. The first-order valence-corrected chi connectivity index (χ1v) is 7.42. The normalized spacial score (nSPS) is 14.3. The summed E-state index contributed by atoms with van der Waals surface area (Å²) < 4.78 is 0. The van der Waals surface area contributed by atoms with Crippen LogP contribution in [-0.2, 0) is 0 Å². The van der Waals surface area contributed by atoms with Crippen LogP contribution in [0.2, 0.25) is 0 Å². The predicted octanol–water partition coefficient (Wildman–Crippen LogP) is 3.75. The molecule has 1 unspecified atom stereocenters. The summed E-state index contributed by atoms with van der Waals surface area (Å²) in [5.41, 5.74) is 2.46. The van der Waals surface area contributed by atoms with Gasteiger partial charge in [-0.2, -0.15) is 0 Å². The molecule has 0 amide bonds. The summed E-state index contributed by atoms with van der Waals surface area (Å²) in [7, 11) is 0. The van der Waals surface area contributed by atoms with Gasteiger partial charge in [-0.1, -0.05) is 30.3 Å². The van der Waals surface area contributed by atoms with Crippen molar-refractivity contribution in [3.05, 3.63) is 57.3 Å². The first-order chi connectivity index (χ1) is 9.11. The van der Waals surface area contributed by atoms with Gasteiger partial charge in [-0.3, -0.25) is 0 Å². The van der Waals surface area contributed by atoms with Crippen molar-refractivity contribution in [2.24, 2.45) is 0 Å². The molecule has 3 heteroatoms. The zero-order valence-corrected chi connectivity index (χ0v) is 12.5. The van der Waals surface area contributed by atoms with Gasteiger partial charge in [0.15, 0.2) is 0 Å². The van der Waals surface area contributed by atoms with E-state index in [2.05, 4.69) is 32.2 Å². The van der Waals surface area contributed by atoms with E-state index in [1.807, 2.05) is 41.7 Å². The predicted molar refractivity (Wildman–Crippen MR) is 81.6 cm³/mol. The summed E-state index contributed by atoms with van der Waals surface area (Å²) in [5.74, 6) is 0. The Morgan fingerprint density at radius 1 is 1.21 bits per heavy atom. The Hall–Kier alpha value is -1.16. The molecule has 19 heavy (non-hydrogen) atoms. The summed E-state index contributed by atoms with van der Waals surface area (Å²) in [6, 6.07) is 12.6. The van der Waals surface area contributed by atoms with Crippen LogP contribution >= 0.6 is 11.3 Å². The number of thiophene rings is 1. The highest BCUT2D eigenvalue weighted by Gasteiger charge is 2.16. The van der Waals surface area contributed by atoms with Crippen LogP contribution in [0.4, 0.5) is 0 Å². The molecule has 1 aromatic heterocycles. The van der Waals surface area contributed by atoms with E-state index in [1.54, 1.807) is 0 Å². The van der Waals surface area contributed by atoms with Crippen molar-refractivity contribution in [3.8, 4) is 0 Å². The fraction of sp³-hybridized carbons (Fsp3) is 0.375. The van der Waals surface area contributed by atoms with Crippen LogP contribution in [0.5, 0.6) is 0 Å². The van der Waals surface area contributed by atoms with E-state index in [4.69, 9.17) is 0 Å². The second kappa shape index (κ2) is 6.33. The fourth-order valence-electron chi connectivity index (χ4n) is 2.41. The van der Waals surface area contributed by atoms with E-state index >= 15 is 0 Å². The summed E-state index contributed by atoms with van der Waals surface area (Å²) >= 11 is 1.83. The second-order valence-electron chi connectivity index (χ2n) is 4.90. The van der Waals surface area contributed by atoms with Crippen LogP contribution in [-0.4, -0.2) is 11.7 Å². The minimum atomic E-state index is -0.0178. The van der Waals surface area contributed by atoms with Gasteiger partial charge in [0, 0.05) is 15.8 Å². The molecule has 0 saturated heterocycles. The smallest absolute Gasteiger partial charge is 0.0626 e. The number of aryl methyl sites for hydroxylation is 2. The van der Waals surface area contributed by atoms with E-state index in [-0.39, 0.29) is 18.7 Å². The van der Waals surface area contributed by atoms with Crippen LogP contribution in [0.25, 0.3) is 0 Å². The zero-order valence-electron chi connectivity index (χ0n) is 11.7. The number of rotatable bonds is 5. The molecular formula is C16H21NOS. The Bertz CT molecular complexity index is 521. The fourth-order valence-corrected chi connectivity index (χ4v) is 3.43. The standard InChI is InChI=1S/C16H21NOS/c1-11-9-15(13(3)19-11)12(2)17-16(10-18)14-7-5-4-6-8-14/h4-9,12,16-18H,10H2,1-3H3/t12?,16-/m0/s1. The second-order valence-corrected chi connectivity index (χ2v) is 6.36. The quantitative estimate of drug-likeness (QED) is 0.871. The van der Waals surface area contributed by atoms with Crippen molar-refractivity contribution < 1.29 is 5.11 Å². The Kier molecular flexibility index (Phi) is 4.75. The number of benzene rings is 1. The maximum atomic E-state index is 9.59. The summed E-state index contributed by atoms with van der Waals surface area (Å²) in [6.07, 6.45) is 0. The van der Waals surface area contributed by atoms with E-state index in [1.165, 1.54) is 15.3 Å². The molecule has 2 atom stereocenters. The monoisotopic (exact) mass is 275 g/mol. The molecule has 2 nitrogen and oxygen atoms in total. The summed E-state index contributed by atoms with van der Waals surface area (Å²) in [4.78, 5) is 2.68. The maximum absolute atomic E-state index is 9.59. The topological polar surface area (TPSA) is 32.3 Å². The highest BCUT2D eigenvalue weighted by Crippen LogP contribution is 2.28.